The summed E-state index contributed by atoms with van der Waals surface area (Å²) in [5.74, 6) is 0. The average molecular weight is 443 g/mol. The summed E-state index contributed by atoms with van der Waals surface area (Å²) in [5, 5.41) is 0. The van der Waals surface area contributed by atoms with Crippen molar-refractivity contribution in [3.63, 3.8) is 0 Å². The lowest BCUT2D eigenvalue weighted by Gasteiger charge is -2.01. The van der Waals surface area contributed by atoms with Gasteiger partial charge in [-0.2, -0.15) is 0 Å². The molecular formula is C26H54NP2+. The summed E-state index contributed by atoms with van der Waals surface area (Å²) < 4.78 is 4.68. The van der Waals surface area contributed by atoms with Crippen molar-refractivity contribution in [3.05, 3.63) is 0 Å². The number of hydrogen-bond acceptors (Lipinski definition) is 0. The second-order valence-corrected chi connectivity index (χ2v) is 11.1. The van der Waals surface area contributed by atoms with E-state index in [0.717, 1.165) is 0 Å². The van der Waals surface area contributed by atoms with Gasteiger partial charge in [0.1, 0.15) is 0 Å². The smallest absolute Gasteiger partial charge is 0.0689 e. The van der Waals surface area contributed by atoms with E-state index in [1.807, 2.05) is 0 Å². The standard InChI is InChI=1S/C26H54NP2/c1-3-5-7-9-11-13-15-17-19-21-23-25-28-27-29-26-24-22-20-18-16-14-12-10-8-6-4-2/h3-26H2,1-2H3/q+1. The van der Waals surface area contributed by atoms with Crippen LogP contribution in [-0.4, -0.2) is 12.3 Å². The van der Waals surface area contributed by atoms with Gasteiger partial charge in [-0.1, -0.05) is 146 Å². The number of rotatable bonds is 24. The monoisotopic (exact) mass is 442 g/mol. The molecule has 0 fully saturated rings. The van der Waals surface area contributed by atoms with Crippen molar-refractivity contribution < 1.29 is 0 Å². The van der Waals surface area contributed by atoms with Crippen LogP contribution in [0.3, 0.4) is 0 Å². The summed E-state index contributed by atoms with van der Waals surface area (Å²) in [5.41, 5.74) is 0. The molecule has 1 nitrogen and oxygen atoms in total. The molecule has 0 atom stereocenters. The lowest BCUT2D eigenvalue weighted by molar-refractivity contribution is 0.555. The number of unbranched alkanes of at least 4 members (excludes halogenated alkanes) is 20. The van der Waals surface area contributed by atoms with Crippen molar-refractivity contribution in [1.29, 1.82) is 0 Å². The highest BCUT2D eigenvalue weighted by atomic mass is 31.1. The third-order valence-corrected chi connectivity index (χ3v) is 7.89. The molecule has 0 aliphatic heterocycles. The molecule has 0 radical (unpaired) electrons. The Labute approximate surface area is 188 Å². The van der Waals surface area contributed by atoms with Gasteiger partial charge in [-0.05, 0) is 12.8 Å². The molecule has 0 aromatic heterocycles. The van der Waals surface area contributed by atoms with Crippen molar-refractivity contribution in [2.24, 2.45) is 0 Å². The highest BCUT2D eigenvalue weighted by molar-refractivity contribution is 7.34. The number of hydrogen-bond donors (Lipinski definition) is 0. The maximum Gasteiger partial charge on any atom is 0.361 e. The molecule has 0 saturated carbocycles. The predicted molar refractivity (Wildman–Crippen MR) is 139 cm³/mol. The molecule has 0 spiro atoms. The van der Waals surface area contributed by atoms with E-state index in [9.17, 15) is 0 Å². The van der Waals surface area contributed by atoms with Crippen LogP contribution in [-0.2, 0) is 0 Å². The first-order chi connectivity index (χ1) is 14.4. The Morgan fingerprint density at radius 2 is 0.586 bits per heavy atom. The van der Waals surface area contributed by atoms with Gasteiger partial charge in [-0.25, -0.2) is 0 Å². The highest BCUT2D eigenvalue weighted by Crippen LogP contribution is 2.14. The molecule has 0 saturated heterocycles. The Bertz CT molecular complexity index is 321. The molecule has 29 heavy (non-hydrogen) atoms. The van der Waals surface area contributed by atoms with Crippen molar-refractivity contribution in [1.82, 2.24) is 4.17 Å². The van der Waals surface area contributed by atoms with Gasteiger partial charge in [0.2, 0.25) is 0 Å². The van der Waals surface area contributed by atoms with Gasteiger partial charge in [-0.15, -0.1) is 0 Å². The topological polar surface area (TPSA) is 14.1 Å². The summed E-state index contributed by atoms with van der Waals surface area (Å²) in [7, 11) is 2.70. The minimum absolute atomic E-state index is 1.29. The average Bonchev–Trinajstić information content (AvgIpc) is 2.74. The maximum absolute atomic E-state index is 4.68. The van der Waals surface area contributed by atoms with E-state index >= 15 is 0 Å². The Balaban J connectivity index is 3.15. The van der Waals surface area contributed by atoms with E-state index in [0.29, 0.717) is 0 Å². The van der Waals surface area contributed by atoms with Crippen LogP contribution in [0.25, 0.3) is 0 Å². The largest absolute Gasteiger partial charge is 0.361 e. The van der Waals surface area contributed by atoms with E-state index < -0.39 is 0 Å². The van der Waals surface area contributed by atoms with E-state index in [-0.39, 0.29) is 0 Å². The summed E-state index contributed by atoms with van der Waals surface area (Å²) in [6.07, 6.45) is 34.3. The predicted octanol–water partition coefficient (Wildman–Crippen LogP) is 10.9. The fourth-order valence-corrected chi connectivity index (χ4v) is 5.63. The molecule has 0 aliphatic carbocycles. The minimum Gasteiger partial charge on any atom is -0.0689 e. The zero-order chi connectivity index (χ0) is 21.1. The SMILES string of the molecule is CCCCCCCCCCCCCP=[N+]=PCCCCCCCCCCCCC. The summed E-state index contributed by atoms with van der Waals surface area (Å²) in [6.45, 7) is 4.59. The summed E-state index contributed by atoms with van der Waals surface area (Å²) in [6, 6.07) is 0. The Morgan fingerprint density at radius 3 is 0.862 bits per heavy atom. The van der Waals surface area contributed by atoms with Crippen molar-refractivity contribution in [2.75, 3.05) is 12.3 Å². The normalized spacial score (nSPS) is 11.4. The van der Waals surface area contributed by atoms with Crippen molar-refractivity contribution in [3.8, 4) is 0 Å². The molecule has 0 bridgehead atoms. The lowest BCUT2D eigenvalue weighted by Crippen LogP contribution is -1.83. The fourth-order valence-electron chi connectivity index (χ4n) is 3.83. The van der Waals surface area contributed by atoms with E-state index in [4.69, 9.17) is 0 Å². The van der Waals surface area contributed by atoms with Gasteiger partial charge in [0.15, 0.2) is 0 Å². The van der Waals surface area contributed by atoms with Crippen LogP contribution >= 0.6 is 16.7 Å². The van der Waals surface area contributed by atoms with Crippen LogP contribution in [0.1, 0.15) is 155 Å². The van der Waals surface area contributed by atoms with E-state index in [2.05, 4.69) is 18.0 Å². The Hall–Kier alpha value is 0.310. The van der Waals surface area contributed by atoms with Gasteiger partial charge in [-0.3, -0.25) is 0 Å². The zero-order valence-corrected chi connectivity index (χ0v) is 22.1. The van der Waals surface area contributed by atoms with E-state index in [1.165, 1.54) is 170 Å². The van der Waals surface area contributed by atoms with Crippen LogP contribution in [0.5, 0.6) is 0 Å². The molecule has 3 heteroatoms. The zero-order valence-electron chi connectivity index (χ0n) is 20.3. The van der Waals surface area contributed by atoms with Crippen LogP contribution in [0.2, 0.25) is 0 Å². The summed E-state index contributed by atoms with van der Waals surface area (Å²) >= 11 is 0. The summed E-state index contributed by atoms with van der Waals surface area (Å²) in [4.78, 5) is 0. The van der Waals surface area contributed by atoms with Crippen LogP contribution in [0.15, 0.2) is 0 Å². The molecule has 0 heterocycles. The Kier molecular flexibility index (Phi) is 28.6. The second kappa shape index (κ2) is 28.3. The van der Waals surface area contributed by atoms with Gasteiger partial charge in [0, 0.05) is 0 Å². The molecule has 172 valence electrons. The van der Waals surface area contributed by atoms with Gasteiger partial charge in [0.05, 0.1) is 12.3 Å². The second-order valence-electron chi connectivity index (χ2n) is 8.89. The lowest BCUT2D eigenvalue weighted by atomic mass is 10.1. The molecule has 0 aliphatic rings. The van der Waals surface area contributed by atoms with Crippen LogP contribution in [0.4, 0.5) is 0 Å². The molecule has 0 N–H and O–H groups in total. The van der Waals surface area contributed by atoms with Crippen LogP contribution < -0.4 is 4.17 Å². The quantitative estimate of drug-likeness (QED) is 0.0801. The van der Waals surface area contributed by atoms with Gasteiger partial charge < -0.3 is 0 Å². The molecular weight excluding hydrogens is 388 g/mol. The van der Waals surface area contributed by atoms with Crippen molar-refractivity contribution >= 4 is 16.7 Å². The maximum atomic E-state index is 4.68. The third kappa shape index (κ3) is 28.3. The van der Waals surface area contributed by atoms with Gasteiger partial charge in [0.25, 0.3) is 0 Å². The Morgan fingerprint density at radius 1 is 0.345 bits per heavy atom. The molecule has 0 aromatic carbocycles. The van der Waals surface area contributed by atoms with Crippen LogP contribution in [0, 0.1) is 0 Å². The fraction of sp³-hybridized carbons (Fsp3) is 1.00. The molecule has 0 rings (SSSR count). The molecule has 0 unspecified atom stereocenters. The highest BCUT2D eigenvalue weighted by Gasteiger charge is 1.96. The number of nitrogens with zero attached hydrogens (tertiary/aromatic N) is 1. The first kappa shape index (κ1) is 29.3. The third-order valence-electron chi connectivity index (χ3n) is 5.85. The minimum atomic E-state index is 1.29. The van der Waals surface area contributed by atoms with Gasteiger partial charge >= 0.3 is 16.7 Å². The molecule has 0 aromatic rings. The first-order valence-corrected chi connectivity index (χ1v) is 15.5. The van der Waals surface area contributed by atoms with Crippen molar-refractivity contribution in [2.45, 2.75) is 155 Å². The molecule has 0 amide bonds. The first-order valence-electron chi connectivity index (χ1n) is 13.4. The van der Waals surface area contributed by atoms with E-state index in [1.54, 1.807) is 0 Å².